The molecule has 2 amide bonds. The van der Waals surface area contributed by atoms with Gasteiger partial charge in [0, 0.05) is 10.6 Å². The molecule has 0 saturated heterocycles. The molecule has 4 nitrogen and oxygen atoms in total. The zero-order valence-corrected chi connectivity index (χ0v) is 15.8. The minimum atomic E-state index is -0.211. The average Bonchev–Trinajstić information content (AvgIpc) is 3.00. The van der Waals surface area contributed by atoms with Gasteiger partial charge in [-0.2, -0.15) is 0 Å². The van der Waals surface area contributed by atoms with E-state index < -0.39 is 0 Å². The number of hydrogen-bond acceptors (Lipinski definition) is 3. The number of carbonyl (C=O) groups excluding carboxylic acids is 2. The number of anilines is 1. The van der Waals surface area contributed by atoms with Gasteiger partial charge in [-0.1, -0.05) is 19.1 Å². The van der Waals surface area contributed by atoms with Crippen LogP contribution in [0.2, 0.25) is 0 Å². The summed E-state index contributed by atoms with van der Waals surface area (Å²) >= 11 is 1.56. The standard InChI is InChI=1S/C20H24N2O2S/c1-12-7-8-17-15(9-12)10-18(25-17)20(24)21-11-19(23)22-16-6-4-5-13(2)14(16)3/h4-6,10,12H,7-9,11H2,1-3H3,(H,21,24)(H,22,23). The summed E-state index contributed by atoms with van der Waals surface area (Å²) < 4.78 is 0. The third-order valence-electron chi connectivity index (χ3n) is 4.84. The number of carbonyl (C=O) groups is 2. The van der Waals surface area contributed by atoms with Gasteiger partial charge in [-0.05, 0) is 67.9 Å². The first-order chi connectivity index (χ1) is 11.9. The van der Waals surface area contributed by atoms with Crippen LogP contribution in [0.3, 0.4) is 0 Å². The van der Waals surface area contributed by atoms with Gasteiger partial charge in [-0.25, -0.2) is 0 Å². The van der Waals surface area contributed by atoms with Crippen molar-refractivity contribution in [1.29, 1.82) is 0 Å². The van der Waals surface area contributed by atoms with Crippen molar-refractivity contribution in [3.05, 3.63) is 50.7 Å². The molecular weight excluding hydrogens is 332 g/mol. The van der Waals surface area contributed by atoms with Crippen molar-refractivity contribution in [3.8, 4) is 0 Å². The highest BCUT2D eigenvalue weighted by molar-refractivity contribution is 7.14. The van der Waals surface area contributed by atoms with Crippen molar-refractivity contribution >= 4 is 28.8 Å². The summed E-state index contributed by atoms with van der Waals surface area (Å²) in [4.78, 5) is 26.5. The van der Waals surface area contributed by atoms with E-state index in [0.717, 1.165) is 29.7 Å². The summed E-state index contributed by atoms with van der Waals surface area (Å²) in [5.41, 5.74) is 4.26. The lowest BCUT2D eigenvalue weighted by atomic mass is 9.90. The van der Waals surface area contributed by atoms with Crippen molar-refractivity contribution < 1.29 is 9.59 Å². The fourth-order valence-electron chi connectivity index (χ4n) is 3.15. The summed E-state index contributed by atoms with van der Waals surface area (Å²) in [6, 6.07) is 7.78. The predicted molar refractivity (Wildman–Crippen MR) is 102 cm³/mol. The second kappa shape index (κ2) is 7.40. The van der Waals surface area contributed by atoms with E-state index in [2.05, 4.69) is 17.6 Å². The number of nitrogens with one attached hydrogen (secondary N) is 2. The van der Waals surface area contributed by atoms with Gasteiger partial charge < -0.3 is 10.6 Å². The highest BCUT2D eigenvalue weighted by Crippen LogP contribution is 2.32. The molecule has 1 aliphatic rings. The van der Waals surface area contributed by atoms with Crippen LogP contribution in [0.15, 0.2) is 24.3 Å². The Kier molecular flexibility index (Phi) is 5.23. The van der Waals surface area contributed by atoms with Crippen LogP contribution < -0.4 is 10.6 Å². The molecule has 1 unspecified atom stereocenters. The van der Waals surface area contributed by atoms with E-state index in [1.807, 2.05) is 38.1 Å². The maximum absolute atomic E-state index is 12.3. The van der Waals surface area contributed by atoms with Gasteiger partial charge in [0.15, 0.2) is 0 Å². The van der Waals surface area contributed by atoms with Crippen molar-refractivity contribution in [2.45, 2.75) is 40.0 Å². The van der Waals surface area contributed by atoms with E-state index in [1.165, 1.54) is 16.9 Å². The highest BCUT2D eigenvalue weighted by atomic mass is 32.1. The lowest BCUT2D eigenvalue weighted by Crippen LogP contribution is -2.32. The van der Waals surface area contributed by atoms with E-state index in [9.17, 15) is 9.59 Å². The third-order valence-corrected chi connectivity index (χ3v) is 6.08. The molecule has 1 aliphatic carbocycles. The molecule has 0 fully saturated rings. The maximum Gasteiger partial charge on any atom is 0.261 e. The van der Waals surface area contributed by atoms with E-state index in [-0.39, 0.29) is 18.4 Å². The van der Waals surface area contributed by atoms with E-state index in [4.69, 9.17) is 0 Å². The molecule has 5 heteroatoms. The first-order valence-electron chi connectivity index (χ1n) is 8.70. The Morgan fingerprint density at radius 3 is 2.88 bits per heavy atom. The van der Waals surface area contributed by atoms with Crippen LogP contribution in [-0.4, -0.2) is 18.4 Å². The number of benzene rings is 1. The Balaban J connectivity index is 1.57. The molecule has 0 bridgehead atoms. The number of amides is 2. The lowest BCUT2D eigenvalue weighted by molar-refractivity contribution is -0.115. The monoisotopic (exact) mass is 356 g/mol. The molecule has 0 spiro atoms. The Hall–Kier alpha value is -2.14. The predicted octanol–water partition coefficient (Wildman–Crippen LogP) is 3.86. The molecule has 1 aromatic heterocycles. The number of thiophene rings is 1. The van der Waals surface area contributed by atoms with Gasteiger partial charge in [0.05, 0.1) is 11.4 Å². The summed E-state index contributed by atoms with van der Waals surface area (Å²) in [5, 5.41) is 5.60. The van der Waals surface area contributed by atoms with Gasteiger partial charge in [0.25, 0.3) is 5.91 Å². The smallest absolute Gasteiger partial charge is 0.261 e. The number of fused-ring (bicyclic) bond motifs is 1. The molecule has 132 valence electrons. The number of hydrogen-bond donors (Lipinski definition) is 2. The molecule has 0 aliphatic heterocycles. The third kappa shape index (κ3) is 4.10. The highest BCUT2D eigenvalue weighted by Gasteiger charge is 2.20. The second-order valence-corrected chi connectivity index (χ2v) is 8.02. The van der Waals surface area contributed by atoms with Crippen molar-refractivity contribution in [1.82, 2.24) is 5.32 Å². The lowest BCUT2D eigenvalue weighted by Gasteiger charge is -2.16. The molecule has 2 aromatic rings. The minimum Gasteiger partial charge on any atom is -0.342 e. The molecule has 2 N–H and O–H groups in total. The van der Waals surface area contributed by atoms with Crippen molar-refractivity contribution in [3.63, 3.8) is 0 Å². The SMILES string of the molecule is Cc1cccc(NC(=O)CNC(=O)c2cc3c(s2)CCC(C)C3)c1C. The largest absolute Gasteiger partial charge is 0.342 e. The van der Waals surface area contributed by atoms with Gasteiger partial charge in [0.1, 0.15) is 0 Å². The summed E-state index contributed by atoms with van der Waals surface area (Å²) in [6.07, 6.45) is 3.29. The van der Waals surface area contributed by atoms with Gasteiger partial charge in [0.2, 0.25) is 5.91 Å². The maximum atomic E-state index is 12.3. The molecule has 3 rings (SSSR count). The summed E-state index contributed by atoms with van der Waals surface area (Å²) in [7, 11) is 0. The molecular formula is C20H24N2O2S. The van der Waals surface area contributed by atoms with Crippen LogP contribution in [-0.2, 0) is 17.6 Å². The van der Waals surface area contributed by atoms with E-state index >= 15 is 0 Å². The molecule has 0 saturated carbocycles. The van der Waals surface area contributed by atoms with Crippen LogP contribution in [0.4, 0.5) is 5.69 Å². The first kappa shape index (κ1) is 17.7. The van der Waals surface area contributed by atoms with Crippen LogP contribution in [0.1, 0.15) is 44.6 Å². The second-order valence-electron chi connectivity index (χ2n) is 6.89. The Morgan fingerprint density at radius 2 is 2.08 bits per heavy atom. The van der Waals surface area contributed by atoms with Crippen LogP contribution in [0.5, 0.6) is 0 Å². The molecule has 1 heterocycles. The Bertz CT molecular complexity index is 810. The molecule has 25 heavy (non-hydrogen) atoms. The fourth-order valence-corrected chi connectivity index (χ4v) is 4.27. The Labute approximate surface area is 152 Å². The topological polar surface area (TPSA) is 58.2 Å². The quantitative estimate of drug-likeness (QED) is 0.874. The average molecular weight is 356 g/mol. The van der Waals surface area contributed by atoms with Crippen LogP contribution >= 0.6 is 11.3 Å². The van der Waals surface area contributed by atoms with Crippen LogP contribution in [0, 0.1) is 19.8 Å². The number of aryl methyl sites for hydroxylation is 2. The fraction of sp³-hybridized carbons (Fsp3) is 0.400. The molecule has 1 aromatic carbocycles. The van der Waals surface area contributed by atoms with E-state index in [0.29, 0.717) is 10.8 Å². The number of rotatable bonds is 4. The van der Waals surface area contributed by atoms with Crippen LogP contribution in [0.25, 0.3) is 0 Å². The molecule has 0 radical (unpaired) electrons. The van der Waals surface area contributed by atoms with Crippen molar-refractivity contribution in [2.24, 2.45) is 5.92 Å². The zero-order chi connectivity index (χ0) is 18.0. The van der Waals surface area contributed by atoms with Gasteiger partial charge in [-0.15, -0.1) is 11.3 Å². The Morgan fingerprint density at radius 1 is 1.28 bits per heavy atom. The zero-order valence-electron chi connectivity index (χ0n) is 14.9. The summed E-state index contributed by atoms with van der Waals surface area (Å²) in [5.74, 6) is 0.307. The van der Waals surface area contributed by atoms with Gasteiger partial charge >= 0.3 is 0 Å². The summed E-state index contributed by atoms with van der Waals surface area (Å²) in [6.45, 7) is 6.20. The first-order valence-corrected chi connectivity index (χ1v) is 9.51. The molecule has 1 atom stereocenters. The van der Waals surface area contributed by atoms with Gasteiger partial charge in [-0.3, -0.25) is 9.59 Å². The van der Waals surface area contributed by atoms with Crippen molar-refractivity contribution in [2.75, 3.05) is 11.9 Å². The minimum absolute atomic E-state index is 0.0226. The normalized spacial score (nSPS) is 16.2. The van der Waals surface area contributed by atoms with E-state index in [1.54, 1.807) is 11.3 Å².